The van der Waals surface area contributed by atoms with Gasteiger partial charge in [-0.15, -0.1) is 0 Å². The lowest BCUT2D eigenvalue weighted by Crippen LogP contribution is -2.50. The molecule has 0 N–H and O–H groups in total. The largest absolute Gasteiger partial charge is 0.339 e. The van der Waals surface area contributed by atoms with Crippen molar-refractivity contribution in [2.24, 2.45) is 0 Å². The van der Waals surface area contributed by atoms with E-state index in [-0.39, 0.29) is 16.6 Å². The standard InChI is InChI=1S/C21H21N3O3S2/c25-21(16-28-20-11-10-17-6-4-5-9-19(17)22-20)23-12-14-24(15-13-23)29(26,27)18-7-2-1-3-8-18/h1-11H,12-16H2. The minimum atomic E-state index is -3.51. The van der Waals surface area contributed by atoms with Crippen LogP contribution < -0.4 is 0 Å². The Morgan fingerprint density at radius 3 is 2.34 bits per heavy atom. The molecule has 150 valence electrons. The number of para-hydroxylation sites is 1. The third-order valence-electron chi connectivity index (χ3n) is 4.89. The molecular weight excluding hydrogens is 406 g/mol. The molecule has 0 radical (unpaired) electrons. The highest BCUT2D eigenvalue weighted by molar-refractivity contribution is 7.99. The van der Waals surface area contributed by atoms with Gasteiger partial charge in [-0.3, -0.25) is 4.79 Å². The average Bonchev–Trinajstić information content (AvgIpc) is 2.78. The topological polar surface area (TPSA) is 70.6 Å². The lowest BCUT2D eigenvalue weighted by Gasteiger charge is -2.34. The number of carbonyl (C=O) groups is 1. The molecule has 1 aliphatic rings. The third-order valence-corrected chi connectivity index (χ3v) is 7.72. The van der Waals surface area contributed by atoms with Crippen LogP contribution in [0.3, 0.4) is 0 Å². The van der Waals surface area contributed by atoms with Gasteiger partial charge in [-0.05, 0) is 24.3 Å². The number of rotatable bonds is 5. The summed E-state index contributed by atoms with van der Waals surface area (Å²) in [5.74, 6) is 0.290. The second-order valence-electron chi connectivity index (χ2n) is 6.73. The van der Waals surface area contributed by atoms with E-state index in [0.29, 0.717) is 26.2 Å². The van der Waals surface area contributed by atoms with E-state index in [4.69, 9.17) is 0 Å². The van der Waals surface area contributed by atoms with Crippen LogP contribution in [-0.2, 0) is 14.8 Å². The zero-order valence-electron chi connectivity index (χ0n) is 15.8. The van der Waals surface area contributed by atoms with Gasteiger partial charge in [0.05, 0.1) is 21.2 Å². The van der Waals surface area contributed by atoms with E-state index in [1.54, 1.807) is 35.2 Å². The zero-order valence-corrected chi connectivity index (χ0v) is 17.4. The Morgan fingerprint density at radius 2 is 1.59 bits per heavy atom. The number of benzene rings is 2. The quantitative estimate of drug-likeness (QED) is 0.586. The monoisotopic (exact) mass is 427 g/mol. The first-order valence-corrected chi connectivity index (χ1v) is 11.8. The highest BCUT2D eigenvalue weighted by Crippen LogP contribution is 2.21. The lowest BCUT2D eigenvalue weighted by atomic mass is 10.2. The number of aromatic nitrogens is 1. The van der Waals surface area contributed by atoms with Gasteiger partial charge in [0.2, 0.25) is 15.9 Å². The fourth-order valence-electron chi connectivity index (χ4n) is 3.27. The van der Waals surface area contributed by atoms with Crippen LogP contribution in [0.4, 0.5) is 0 Å². The smallest absolute Gasteiger partial charge is 0.243 e. The first-order valence-electron chi connectivity index (χ1n) is 9.35. The zero-order chi connectivity index (χ0) is 20.3. The Balaban J connectivity index is 1.33. The molecule has 0 bridgehead atoms. The van der Waals surface area contributed by atoms with Crippen LogP contribution in [0.2, 0.25) is 0 Å². The fraction of sp³-hybridized carbons (Fsp3) is 0.238. The molecule has 1 fully saturated rings. The highest BCUT2D eigenvalue weighted by Gasteiger charge is 2.29. The van der Waals surface area contributed by atoms with Crippen molar-refractivity contribution in [3.05, 3.63) is 66.7 Å². The SMILES string of the molecule is O=C(CSc1ccc2ccccc2n1)N1CCN(S(=O)(=O)c2ccccc2)CC1. The normalized spacial score (nSPS) is 15.5. The number of hydrogen-bond donors (Lipinski definition) is 0. The number of nitrogens with zero attached hydrogens (tertiary/aromatic N) is 3. The van der Waals surface area contributed by atoms with Crippen LogP contribution in [0.1, 0.15) is 0 Å². The number of fused-ring (bicyclic) bond motifs is 1. The Hall–Kier alpha value is -2.42. The van der Waals surface area contributed by atoms with Crippen molar-refractivity contribution in [2.45, 2.75) is 9.92 Å². The number of carbonyl (C=O) groups excluding carboxylic acids is 1. The first-order chi connectivity index (χ1) is 14.0. The maximum absolute atomic E-state index is 12.7. The van der Waals surface area contributed by atoms with Crippen LogP contribution >= 0.6 is 11.8 Å². The van der Waals surface area contributed by atoms with Gasteiger partial charge in [-0.2, -0.15) is 4.31 Å². The van der Waals surface area contributed by atoms with Crippen molar-refractivity contribution < 1.29 is 13.2 Å². The van der Waals surface area contributed by atoms with E-state index in [0.717, 1.165) is 15.9 Å². The van der Waals surface area contributed by atoms with E-state index in [1.807, 2.05) is 36.4 Å². The van der Waals surface area contributed by atoms with Crippen LogP contribution in [-0.4, -0.2) is 60.4 Å². The van der Waals surface area contributed by atoms with Crippen LogP contribution in [0.15, 0.2) is 76.7 Å². The molecule has 1 saturated heterocycles. The second kappa shape index (κ2) is 8.52. The molecule has 8 heteroatoms. The van der Waals surface area contributed by atoms with Gasteiger partial charge in [0, 0.05) is 31.6 Å². The molecule has 0 saturated carbocycles. The summed E-state index contributed by atoms with van der Waals surface area (Å²) in [7, 11) is -3.51. The summed E-state index contributed by atoms with van der Waals surface area (Å²) in [5.41, 5.74) is 0.907. The summed E-state index contributed by atoms with van der Waals surface area (Å²) in [6.45, 7) is 1.41. The highest BCUT2D eigenvalue weighted by atomic mass is 32.2. The maximum atomic E-state index is 12.7. The minimum Gasteiger partial charge on any atom is -0.339 e. The summed E-state index contributed by atoms with van der Waals surface area (Å²) < 4.78 is 26.8. The Morgan fingerprint density at radius 1 is 0.897 bits per heavy atom. The van der Waals surface area contributed by atoms with Crippen LogP contribution in [0, 0.1) is 0 Å². The summed E-state index contributed by atoms with van der Waals surface area (Å²) >= 11 is 1.41. The summed E-state index contributed by atoms with van der Waals surface area (Å²) in [6.07, 6.45) is 0. The van der Waals surface area contributed by atoms with Crippen LogP contribution in [0.5, 0.6) is 0 Å². The Kier molecular flexibility index (Phi) is 5.84. The molecule has 1 aliphatic heterocycles. The number of hydrogen-bond acceptors (Lipinski definition) is 5. The van der Waals surface area contributed by atoms with Gasteiger partial charge in [0.15, 0.2) is 0 Å². The van der Waals surface area contributed by atoms with Gasteiger partial charge in [0.1, 0.15) is 0 Å². The third kappa shape index (κ3) is 4.44. The molecule has 1 aromatic heterocycles. The molecule has 0 aliphatic carbocycles. The van der Waals surface area contributed by atoms with Crippen molar-refractivity contribution in [3.8, 4) is 0 Å². The second-order valence-corrected chi connectivity index (χ2v) is 9.66. The molecule has 29 heavy (non-hydrogen) atoms. The number of piperazine rings is 1. The van der Waals surface area contributed by atoms with Gasteiger partial charge >= 0.3 is 0 Å². The predicted octanol–water partition coefficient (Wildman–Crippen LogP) is 2.86. The van der Waals surface area contributed by atoms with Gasteiger partial charge in [0.25, 0.3) is 0 Å². The van der Waals surface area contributed by atoms with Crippen LogP contribution in [0.25, 0.3) is 10.9 Å². The molecule has 0 spiro atoms. The lowest BCUT2D eigenvalue weighted by molar-refractivity contribution is -0.129. The Labute approximate surface area is 174 Å². The Bertz CT molecular complexity index is 1110. The van der Waals surface area contributed by atoms with Gasteiger partial charge in [-0.25, -0.2) is 13.4 Å². The molecule has 2 heterocycles. The summed E-state index contributed by atoms with van der Waals surface area (Å²) in [5, 5.41) is 1.88. The van der Waals surface area contributed by atoms with Gasteiger partial charge in [-0.1, -0.05) is 54.2 Å². The number of thioether (sulfide) groups is 1. The van der Waals surface area contributed by atoms with Crippen molar-refractivity contribution >= 4 is 38.6 Å². The van der Waals surface area contributed by atoms with E-state index >= 15 is 0 Å². The first kappa shape index (κ1) is 19.9. The number of pyridine rings is 1. The predicted molar refractivity (Wildman–Crippen MR) is 114 cm³/mol. The molecule has 6 nitrogen and oxygen atoms in total. The molecule has 0 unspecified atom stereocenters. The van der Waals surface area contributed by atoms with Crippen molar-refractivity contribution in [1.82, 2.24) is 14.2 Å². The van der Waals surface area contributed by atoms with E-state index in [1.165, 1.54) is 16.1 Å². The number of sulfonamides is 1. The molecule has 0 atom stereocenters. The van der Waals surface area contributed by atoms with Gasteiger partial charge < -0.3 is 4.90 Å². The van der Waals surface area contributed by atoms with E-state index in [9.17, 15) is 13.2 Å². The van der Waals surface area contributed by atoms with Crippen molar-refractivity contribution in [3.63, 3.8) is 0 Å². The fourth-order valence-corrected chi connectivity index (χ4v) is 5.50. The van der Waals surface area contributed by atoms with E-state index < -0.39 is 10.0 Å². The molecular formula is C21H21N3O3S2. The summed E-state index contributed by atoms with van der Waals surface area (Å²) in [4.78, 5) is 19.2. The minimum absolute atomic E-state index is 0.00159. The molecule has 4 rings (SSSR count). The molecule has 1 amide bonds. The average molecular weight is 428 g/mol. The molecule has 2 aromatic carbocycles. The molecule has 3 aromatic rings. The van der Waals surface area contributed by atoms with Crippen molar-refractivity contribution in [2.75, 3.05) is 31.9 Å². The maximum Gasteiger partial charge on any atom is 0.243 e. The summed E-state index contributed by atoms with van der Waals surface area (Å²) in [6, 6.07) is 20.2. The van der Waals surface area contributed by atoms with Crippen molar-refractivity contribution in [1.29, 1.82) is 0 Å². The number of amides is 1. The van der Waals surface area contributed by atoms with E-state index in [2.05, 4.69) is 4.98 Å².